The van der Waals surface area contributed by atoms with Gasteiger partial charge in [0, 0.05) is 17.1 Å². The van der Waals surface area contributed by atoms with Gasteiger partial charge < -0.3 is 9.64 Å². The first-order valence-electron chi connectivity index (χ1n) is 7.66. The van der Waals surface area contributed by atoms with Gasteiger partial charge in [0.2, 0.25) is 0 Å². The van der Waals surface area contributed by atoms with Crippen LogP contribution in [0.1, 0.15) is 30.6 Å². The molecule has 6 nitrogen and oxygen atoms in total. The highest BCUT2D eigenvalue weighted by Gasteiger charge is 2.34. The van der Waals surface area contributed by atoms with E-state index in [0.717, 1.165) is 4.47 Å². The number of rotatable bonds is 6. The number of nitrogens with zero attached hydrogens (tertiary/aromatic N) is 1. The van der Waals surface area contributed by atoms with Gasteiger partial charge in [0.25, 0.3) is 5.91 Å². The summed E-state index contributed by atoms with van der Waals surface area (Å²) in [4.78, 5) is 25.6. The summed E-state index contributed by atoms with van der Waals surface area (Å²) in [6.07, 6.45) is 0.457. The van der Waals surface area contributed by atoms with E-state index in [1.165, 1.54) is 11.8 Å². The Balaban J connectivity index is 2.06. The van der Waals surface area contributed by atoms with Gasteiger partial charge in [-0.2, -0.15) is 0 Å². The number of ether oxygens (including phenoxy) is 1. The summed E-state index contributed by atoms with van der Waals surface area (Å²) in [5.74, 6) is 0.0201. The minimum absolute atomic E-state index is 0.00353. The van der Waals surface area contributed by atoms with E-state index < -0.39 is 9.84 Å². The predicted octanol–water partition coefficient (Wildman–Crippen LogP) is 2.07. The first-order chi connectivity index (χ1) is 11.2. The average Bonchev–Trinajstić information content (AvgIpc) is 2.86. The van der Waals surface area contributed by atoms with E-state index in [1.807, 2.05) is 6.92 Å². The van der Waals surface area contributed by atoms with Crippen molar-refractivity contribution < 1.29 is 22.7 Å². The first-order valence-corrected chi connectivity index (χ1v) is 10.3. The topological polar surface area (TPSA) is 80.8 Å². The zero-order valence-corrected chi connectivity index (χ0v) is 16.0. The molecule has 24 heavy (non-hydrogen) atoms. The number of amides is 1. The molecule has 0 N–H and O–H groups in total. The van der Waals surface area contributed by atoms with Crippen LogP contribution in [-0.4, -0.2) is 55.7 Å². The van der Waals surface area contributed by atoms with Crippen molar-refractivity contribution in [2.75, 3.05) is 24.7 Å². The van der Waals surface area contributed by atoms with Crippen LogP contribution in [0.25, 0.3) is 0 Å². The molecule has 0 bridgehead atoms. The number of carbonyl (C=O) groups excluding carboxylic acids is 2. The van der Waals surface area contributed by atoms with Crippen molar-refractivity contribution >= 4 is 37.5 Å². The monoisotopic (exact) mass is 417 g/mol. The average molecular weight is 418 g/mol. The zero-order chi connectivity index (χ0) is 17.9. The van der Waals surface area contributed by atoms with Crippen LogP contribution in [0.4, 0.5) is 0 Å². The maximum Gasteiger partial charge on any atom is 0.260 e. The number of halogens is 1. The summed E-state index contributed by atoms with van der Waals surface area (Å²) in [5, 5.41) is 0. The second-order valence-electron chi connectivity index (χ2n) is 5.72. The Kier molecular flexibility index (Phi) is 6.03. The van der Waals surface area contributed by atoms with Gasteiger partial charge in [-0.25, -0.2) is 8.42 Å². The van der Waals surface area contributed by atoms with Crippen LogP contribution in [0.3, 0.4) is 0 Å². The van der Waals surface area contributed by atoms with Crippen LogP contribution in [0.15, 0.2) is 22.7 Å². The highest BCUT2D eigenvalue weighted by Crippen LogP contribution is 2.24. The Morgan fingerprint density at radius 2 is 2.08 bits per heavy atom. The van der Waals surface area contributed by atoms with Crippen LogP contribution in [-0.2, 0) is 14.6 Å². The Labute approximate surface area is 150 Å². The Morgan fingerprint density at radius 3 is 2.62 bits per heavy atom. The van der Waals surface area contributed by atoms with E-state index in [1.54, 1.807) is 18.2 Å². The van der Waals surface area contributed by atoms with Crippen molar-refractivity contribution in [1.82, 2.24) is 4.90 Å². The number of likely N-dealkylation sites (N-methyl/N-ethyl adjacent to an activating group) is 1. The third kappa shape index (κ3) is 4.57. The molecule has 1 atom stereocenters. The molecule has 0 saturated carbocycles. The van der Waals surface area contributed by atoms with Crippen LogP contribution < -0.4 is 4.74 Å². The third-order valence-electron chi connectivity index (χ3n) is 3.98. The molecule has 1 aromatic rings. The standard InChI is InChI=1S/C16H20BrNO5S/c1-3-18(13-6-7-24(21,22)10-13)16(20)9-23-15-5-4-12(17)8-14(15)11(2)19/h4-5,8,13H,3,6-7,9-10H2,1-2H3/t13-/m0/s1. The van der Waals surface area contributed by atoms with E-state index in [0.29, 0.717) is 24.3 Å². The van der Waals surface area contributed by atoms with E-state index in [4.69, 9.17) is 4.74 Å². The molecule has 132 valence electrons. The van der Waals surface area contributed by atoms with Gasteiger partial charge in [-0.3, -0.25) is 9.59 Å². The summed E-state index contributed by atoms with van der Waals surface area (Å²) in [7, 11) is -3.06. The lowest BCUT2D eigenvalue weighted by atomic mass is 10.1. The number of benzene rings is 1. The summed E-state index contributed by atoms with van der Waals surface area (Å²) in [5.41, 5.74) is 0.392. The molecule has 2 rings (SSSR count). The summed E-state index contributed by atoms with van der Waals surface area (Å²) in [6.45, 7) is 3.43. The van der Waals surface area contributed by atoms with Crippen LogP contribution in [0, 0.1) is 0 Å². The summed E-state index contributed by atoms with van der Waals surface area (Å²) in [6, 6.07) is 4.70. The maximum atomic E-state index is 12.4. The van der Waals surface area contributed by atoms with Crippen LogP contribution in [0.5, 0.6) is 5.75 Å². The predicted molar refractivity (Wildman–Crippen MR) is 94.1 cm³/mol. The third-order valence-corrected chi connectivity index (χ3v) is 6.23. The lowest BCUT2D eigenvalue weighted by molar-refractivity contribution is -0.135. The van der Waals surface area contributed by atoms with E-state index in [-0.39, 0.29) is 35.8 Å². The molecule has 1 saturated heterocycles. The molecule has 1 amide bonds. The minimum atomic E-state index is -3.06. The maximum absolute atomic E-state index is 12.4. The largest absolute Gasteiger partial charge is 0.483 e. The molecule has 1 fully saturated rings. The van der Waals surface area contributed by atoms with Gasteiger partial charge in [0.15, 0.2) is 22.2 Å². The fraction of sp³-hybridized carbons (Fsp3) is 0.500. The number of carbonyl (C=O) groups is 2. The van der Waals surface area contributed by atoms with Crippen molar-refractivity contribution in [3.63, 3.8) is 0 Å². The van der Waals surface area contributed by atoms with Crippen molar-refractivity contribution in [2.24, 2.45) is 0 Å². The van der Waals surface area contributed by atoms with Gasteiger partial charge in [-0.15, -0.1) is 0 Å². The minimum Gasteiger partial charge on any atom is -0.483 e. The fourth-order valence-corrected chi connectivity index (χ4v) is 4.88. The van der Waals surface area contributed by atoms with Gasteiger partial charge in [-0.1, -0.05) is 15.9 Å². The molecule has 0 aromatic heterocycles. The number of hydrogen-bond donors (Lipinski definition) is 0. The van der Waals surface area contributed by atoms with Crippen molar-refractivity contribution in [1.29, 1.82) is 0 Å². The number of ketones is 1. The quantitative estimate of drug-likeness (QED) is 0.661. The van der Waals surface area contributed by atoms with Crippen molar-refractivity contribution in [2.45, 2.75) is 26.3 Å². The zero-order valence-electron chi connectivity index (χ0n) is 13.6. The van der Waals surface area contributed by atoms with Gasteiger partial charge in [0.1, 0.15) is 5.75 Å². The smallest absolute Gasteiger partial charge is 0.260 e. The molecule has 0 unspecified atom stereocenters. The summed E-state index contributed by atoms with van der Waals surface area (Å²) < 4.78 is 29.5. The lowest BCUT2D eigenvalue weighted by Gasteiger charge is -2.27. The highest BCUT2D eigenvalue weighted by atomic mass is 79.9. The van der Waals surface area contributed by atoms with Crippen LogP contribution in [0.2, 0.25) is 0 Å². The second-order valence-corrected chi connectivity index (χ2v) is 8.87. The number of sulfone groups is 1. The molecule has 8 heteroatoms. The molecular weight excluding hydrogens is 398 g/mol. The van der Waals surface area contributed by atoms with Crippen molar-refractivity contribution in [3.05, 3.63) is 28.2 Å². The molecule has 0 aliphatic carbocycles. The SMILES string of the molecule is CCN(C(=O)COc1ccc(Br)cc1C(C)=O)[C@H]1CCS(=O)(=O)C1. The second kappa shape index (κ2) is 7.65. The number of Topliss-reactive ketones (excluding diaryl/α,β-unsaturated/α-hetero) is 1. The molecular formula is C16H20BrNO5S. The molecule has 0 spiro atoms. The fourth-order valence-electron chi connectivity index (χ4n) is 2.78. The normalized spacial score (nSPS) is 19.0. The van der Waals surface area contributed by atoms with Gasteiger partial charge in [-0.05, 0) is 38.5 Å². The van der Waals surface area contributed by atoms with Gasteiger partial charge in [0.05, 0.1) is 17.1 Å². The Morgan fingerprint density at radius 1 is 1.38 bits per heavy atom. The molecule has 1 aliphatic rings. The van der Waals surface area contributed by atoms with E-state index >= 15 is 0 Å². The van der Waals surface area contributed by atoms with Crippen molar-refractivity contribution in [3.8, 4) is 5.75 Å². The van der Waals surface area contributed by atoms with E-state index in [9.17, 15) is 18.0 Å². The Bertz CT molecular complexity index is 747. The van der Waals surface area contributed by atoms with Crippen LogP contribution >= 0.6 is 15.9 Å². The number of hydrogen-bond acceptors (Lipinski definition) is 5. The lowest BCUT2D eigenvalue weighted by Crippen LogP contribution is -2.43. The first kappa shape index (κ1) is 18.9. The molecule has 1 aliphatic heterocycles. The summed E-state index contributed by atoms with van der Waals surface area (Å²) >= 11 is 3.29. The molecule has 1 aromatic carbocycles. The Hall–Kier alpha value is -1.41. The van der Waals surface area contributed by atoms with Gasteiger partial charge >= 0.3 is 0 Å². The molecule has 0 radical (unpaired) electrons. The highest BCUT2D eigenvalue weighted by molar-refractivity contribution is 9.10. The molecule has 1 heterocycles. The van der Waals surface area contributed by atoms with E-state index in [2.05, 4.69) is 15.9 Å².